The summed E-state index contributed by atoms with van der Waals surface area (Å²) in [7, 11) is 0. The molecule has 10 heteroatoms. The highest BCUT2D eigenvalue weighted by Gasteiger charge is 2.63. The molecule has 4 atom stereocenters. The van der Waals surface area contributed by atoms with Crippen LogP contribution in [0.3, 0.4) is 0 Å². The Morgan fingerprint density at radius 1 is 1.32 bits per heavy atom. The molecule has 2 fully saturated rings. The Morgan fingerprint density at radius 2 is 2.11 bits per heavy atom. The van der Waals surface area contributed by atoms with Gasteiger partial charge in [0.1, 0.15) is 17.1 Å². The summed E-state index contributed by atoms with van der Waals surface area (Å²) in [5.74, 6) is -0.992. The second-order valence-corrected chi connectivity index (χ2v) is 7.42. The Morgan fingerprint density at radius 3 is 2.86 bits per heavy atom. The maximum atomic E-state index is 13.9. The van der Waals surface area contributed by atoms with Crippen molar-refractivity contribution in [3.8, 4) is 0 Å². The third-order valence-corrected chi connectivity index (χ3v) is 5.90. The number of halogens is 4. The molecular formula is C18H14ClF3N4O2. The second-order valence-electron chi connectivity index (χ2n) is 7.06. The molecule has 146 valence electrons. The number of rotatable bonds is 4. The molecule has 0 radical (unpaired) electrons. The Kier molecular flexibility index (Phi) is 3.99. The molecule has 28 heavy (non-hydrogen) atoms. The zero-order chi connectivity index (χ0) is 19.6. The van der Waals surface area contributed by atoms with Crippen molar-refractivity contribution in [2.24, 2.45) is 11.8 Å². The first-order valence-electron chi connectivity index (χ1n) is 8.74. The fraction of sp³-hybridized carbons (Fsp3) is 0.389. The fourth-order valence-corrected chi connectivity index (χ4v) is 4.30. The number of hydrogen-bond donors (Lipinski definition) is 0. The number of aromatic nitrogens is 4. The molecule has 1 saturated carbocycles. The van der Waals surface area contributed by atoms with Crippen LogP contribution in [0.5, 0.6) is 0 Å². The lowest BCUT2D eigenvalue weighted by Crippen LogP contribution is -2.29. The van der Waals surface area contributed by atoms with Gasteiger partial charge in [-0.25, -0.2) is 22.5 Å². The van der Waals surface area contributed by atoms with E-state index in [1.807, 2.05) is 0 Å². The van der Waals surface area contributed by atoms with Crippen molar-refractivity contribution in [1.82, 2.24) is 19.6 Å². The van der Waals surface area contributed by atoms with Gasteiger partial charge in [-0.1, -0.05) is 29.8 Å². The number of nitrogens with zero attached hydrogens (tertiary/aromatic N) is 4. The van der Waals surface area contributed by atoms with E-state index in [9.17, 15) is 18.0 Å². The lowest BCUT2D eigenvalue weighted by atomic mass is 10.2. The summed E-state index contributed by atoms with van der Waals surface area (Å²) < 4.78 is 47.7. The van der Waals surface area contributed by atoms with Gasteiger partial charge in [0.2, 0.25) is 0 Å². The van der Waals surface area contributed by atoms with Crippen molar-refractivity contribution in [2.45, 2.75) is 25.1 Å². The molecule has 0 N–H and O–H groups in total. The smallest absolute Gasteiger partial charge is 0.295 e. The predicted octanol–water partition coefficient (Wildman–Crippen LogP) is 2.88. The van der Waals surface area contributed by atoms with E-state index in [-0.39, 0.29) is 29.7 Å². The minimum absolute atomic E-state index is 0.0512. The van der Waals surface area contributed by atoms with Gasteiger partial charge in [0.15, 0.2) is 5.52 Å². The standard InChI is InChI=1S/C18H14ClF3N4O2/c19-16-9-5-23-26(14-10-7-28-15(12(10)14)17(21)22)18(27)13(9)24-25(16)6-8-3-1-2-4-11(8)20/h1-5,10,12,14-15,17H,6-7H2/t10-,12+,14+,15-/m0/s1. The monoisotopic (exact) mass is 410 g/mol. The van der Waals surface area contributed by atoms with Crippen LogP contribution in [0.15, 0.2) is 35.3 Å². The predicted molar refractivity (Wildman–Crippen MR) is 94.1 cm³/mol. The molecule has 0 bridgehead atoms. The number of hydrogen-bond acceptors (Lipinski definition) is 4. The zero-order valence-corrected chi connectivity index (χ0v) is 15.1. The molecule has 1 aromatic carbocycles. The van der Waals surface area contributed by atoms with Crippen LogP contribution in [0.4, 0.5) is 13.2 Å². The van der Waals surface area contributed by atoms with Crippen molar-refractivity contribution in [1.29, 1.82) is 0 Å². The van der Waals surface area contributed by atoms with E-state index in [0.717, 1.165) is 0 Å². The van der Waals surface area contributed by atoms with E-state index < -0.39 is 35.9 Å². The average Bonchev–Trinajstić information content (AvgIpc) is 3.03. The molecule has 6 nitrogen and oxygen atoms in total. The van der Waals surface area contributed by atoms with E-state index in [1.54, 1.807) is 18.2 Å². The van der Waals surface area contributed by atoms with Crippen LogP contribution in [-0.2, 0) is 11.3 Å². The van der Waals surface area contributed by atoms with Crippen LogP contribution >= 0.6 is 11.6 Å². The molecule has 2 aromatic heterocycles. The lowest BCUT2D eigenvalue weighted by Gasteiger charge is -2.14. The Labute approximate surface area is 161 Å². The molecule has 5 rings (SSSR count). The summed E-state index contributed by atoms with van der Waals surface area (Å²) in [6.07, 6.45) is -2.38. The van der Waals surface area contributed by atoms with Gasteiger partial charge in [-0.05, 0) is 6.07 Å². The Balaban J connectivity index is 1.51. The summed E-state index contributed by atoms with van der Waals surface area (Å²) in [4.78, 5) is 12.9. The topological polar surface area (TPSA) is 61.9 Å². The van der Waals surface area contributed by atoms with E-state index in [1.165, 1.54) is 21.6 Å². The maximum Gasteiger partial charge on any atom is 0.295 e. The van der Waals surface area contributed by atoms with Crippen molar-refractivity contribution in [2.75, 3.05) is 6.61 Å². The molecular weight excluding hydrogens is 397 g/mol. The highest BCUT2D eigenvalue weighted by atomic mass is 35.5. The van der Waals surface area contributed by atoms with Crippen molar-refractivity contribution in [3.63, 3.8) is 0 Å². The Bertz CT molecular complexity index is 1130. The quantitative estimate of drug-likeness (QED) is 0.663. The maximum absolute atomic E-state index is 13.9. The van der Waals surface area contributed by atoms with Gasteiger partial charge in [0, 0.05) is 17.4 Å². The first-order chi connectivity index (χ1) is 13.5. The van der Waals surface area contributed by atoms with Gasteiger partial charge in [-0.15, -0.1) is 0 Å². The van der Waals surface area contributed by atoms with Crippen molar-refractivity contribution in [3.05, 3.63) is 57.3 Å². The van der Waals surface area contributed by atoms with Crippen LogP contribution in [0, 0.1) is 17.7 Å². The average molecular weight is 411 g/mol. The van der Waals surface area contributed by atoms with Crippen molar-refractivity contribution < 1.29 is 17.9 Å². The first kappa shape index (κ1) is 17.7. The number of alkyl halides is 2. The molecule has 1 aliphatic heterocycles. The summed E-state index contributed by atoms with van der Waals surface area (Å²) in [5.41, 5.74) is -0.0472. The summed E-state index contributed by atoms with van der Waals surface area (Å²) in [6.45, 7) is 0.231. The van der Waals surface area contributed by atoms with Gasteiger partial charge in [-0.2, -0.15) is 10.2 Å². The largest absolute Gasteiger partial charge is 0.372 e. The molecule has 2 aliphatic rings. The first-order valence-corrected chi connectivity index (χ1v) is 9.12. The van der Waals surface area contributed by atoms with Gasteiger partial charge >= 0.3 is 0 Å². The van der Waals surface area contributed by atoms with E-state index in [4.69, 9.17) is 16.3 Å². The van der Waals surface area contributed by atoms with Gasteiger partial charge in [0.25, 0.3) is 12.0 Å². The summed E-state index contributed by atoms with van der Waals surface area (Å²) in [5, 5.41) is 8.87. The van der Waals surface area contributed by atoms with E-state index >= 15 is 0 Å². The molecule has 1 aliphatic carbocycles. The highest BCUT2D eigenvalue weighted by Crippen LogP contribution is 2.58. The zero-order valence-electron chi connectivity index (χ0n) is 14.3. The highest BCUT2D eigenvalue weighted by molar-refractivity contribution is 6.34. The molecule has 0 unspecified atom stereocenters. The number of fused-ring (bicyclic) bond motifs is 2. The molecule has 0 amide bonds. The van der Waals surface area contributed by atoms with Crippen molar-refractivity contribution >= 4 is 22.5 Å². The van der Waals surface area contributed by atoms with Crippen LogP contribution in [0.1, 0.15) is 11.6 Å². The van der Waals surface area contributed by atoms with Crippen LogP contribution in [-0.4, -0.2) is 38.7 Å². The number of benzene rings is 1. The van der Waals surface area contributed by atoms with E-state index in [2.05, 4.69) is 10.2 Å². The third-order valence-electron chi connectivity index (χ3n) is 5.50. The van der Waals surface area contributed by atoms with Gasteiger partial charge in [0.05, 0.1) is 30.8 Å². The summed E-state index contributed by atoms with van der Waals surface area (Å²) >= 11 is 6.31. The number of ether oxygens (including phenoxy) is 1. The molecule has 3 heterocycles. The normalized spacial score (nSPS) is 26.2. The third kappa shape index (κ3) is 2.56. The van der Waals surface area contributed by atoms with Gasteiger partial charge < -0.3 is 4.74 Å². The molecule has 3 aromatic rings. The fourth-order valence-electron chi connectivity index (χ4n) is 4.06. The van der Waals surface area contributed by atoms with Crippen LogP contribution < -0.4 is 5.56 Å². The molecule has 0 spiro atoms. The molecule has 1 saturated heterocycles. The Hall–Kier alpha value is -2.39. The van der Waals surface area contributed by atoms with Crippen LogP contribution in [0.25, 0.3) is 10.9 Å². The SMILES string of the molecule is O=c1c2nn(Cc3ccccc3F)c(Cl)c2cnn1[C@@H]1[C@H]2CO[C@H](C(F)F)[C@H]21. The van der Waals surface area contributed by atoms with E-state index in [0.29, 0.717) is 10.9 Å². The van der Waals surface area contributed by atoms with Gasteiger partial charge in [-0.3, -0.25) is 4.79 Å². The second kappa shape index (κ2) is 6.31. The lowest BCUT2D eigenvalue weighted by molar-refractivity contribution is -0.0465. The minimum atomic E-state index is -2.60. The summed E-state index contributed by atoms with van der Waals surface area (Å²) in [6, 6.07) is 5.77. The van der Waals surface area contributed by atoms with Crippen LogP contribution in [0.2, 0.25) is 5.15 Å². The minimum Gasteiger partial charge on any atom is -0.372 e.